The van der Waals surface area contributed by atoms with Crippen LogP contribution in [0.4, 0.5) is 0 Å². The van der Waals surface area contributed by atoms with E-state index in [2.05, 4.69) is 39.0 Å². The van der Waals surface area contributed by atoms with Crippen LogP contribution in [0, 0.1) is 0 Å². The maximum absolute atomic E-state index is 11.5. The topological polar surface area (TPSA) is 71.1 Å². The minimum atomic E-state index is -0.248. The Morgan fingerprint density at radius 1 is 0.686 bits per heavy atom. The summed E-state index contributed by atoms with van der Waals surface area (Å²) in [5, 5.41) is 3.67. The Balaban J connectivity index is 2.07. The summed E-state index contributed by atoms with van der Waals surface area (Å²) in [6.07, 6.45) is 1.66. The van der Waals surface area contributed by atoms with Gasteiger partial charge in [0.25, 0.3) is 0 Å². The molecule has 0 aliphatic heterocycles. The fourth-order valence-electron chi connectivity index (χ4n) is 3.84. The maximum atomic E-state index is 11.5. The first-order chi connectivity index (χ1) is 16.8. The highest BCUT2D eigenvalue weighted by atomic mass is 16.6. The van der Waals surface area contributed by atoms with Crippen molar-refractivity contribution >= 4 is 33.5 Å². The van der Waals surface area contributed by atoms with Gasteiger partial charge in [0.15, 0.2) is 0 Å². The number of rotatable bonds is 12. The van der Waals surface area contributed by atoms with Crippen LogP contribution in [-0.4, -0.2) is 38.4 Å². The molecule has 3 aromatic carbocycles. The highest BCUT2D eigenvalue weighted by molar-refractivity contribution is 6.11. The largest absolute Gasteiger partial charge is 0.489 e. The third kappa shape index (κ3) is 6.24. The molecule has 6 heteroatoms. The van der Waals surface area contributed by atoms with Crippen molar-refractivity contribution in [3.05, 3.63) is 48.0 Å². The van der Waals surface area contributed by atoms with Gasteiger partial charge in [-0.25, -0.2) is 0 Å². The maximum Gasteiger partial charge on any atom is 0.305 e. The highest BCUT2D eigenvalue weighted by Gasteiger charge is 2.22. The molecule has 0 N–H and O–H groups in total. The molecule has 0 aliphatic rings. The van der Waals surface area contributed by atoms with Gasteiger partial charge in [0.1, 0.15) is 37.9 Å². The minimum absolute atomic E-state index is 0.0108. The summed E-state index contributed by atoms with van der Waals surface area (Å²) in [5.74, 6) is 0.973. The summed E-state index contributed by atoms with van der Waals surface area (Å²) < 4.78 is 22.9. The Morgan fingerprint density at radius 2 is 1.17 bits per heavy atom. The summed E-state index contributed by atoms with van der Waals surface area (Å²) in [6.45, 7) is 11.0. The second kappa shape index (κ2) is 11.9. The number of esters is 2. The van der Waals surface area contributed by atoms with Gasteiger partial charge in [-0.05, 0) is 23.5 Å². The van der Waals surface area contributed by atoms with Gasteiger partial charge in [-0.15, -0.1) is 0 Å². The molecule has 0 amide bonds. The van der Waals surface area contributed by atoms with Crippen molar-refractivity contribution in [3.8, 4) is 11.5 Å². The molecule has 3 aromatic rings. The number of carbonyl (C=O) groups excluding carboxylic acids is 2. The lowest BCUT2D eigenvalue weighted by molar-refractivity contribution is -0.144. The smallest absolute Gasteiger partial charge is 0.305 e. The molecule has 35 heavy (non-hydrogen) atoms. The van der Waals surface area contributed by atoms with Gasteiger partial charge in [-0.2, -0.15) is 0 Å². The first kappa shape index (κ1) is 26.3. The fraction of sp³-hybridized carbons (Fsp3) is 0.448. The van der Waals surface area contributed by atoms with Crippen LogP contribution in [0.25, 0.3) is 21.5 Å². The summed E-state index contributed by atoms with van der Waals surface area (Å²) >= 11 is 0. The zero-order valence-electron chi connectivity index (χ0n) is 21.4. The van der Waals surface area contributed by atoms with E-state index in [1.54, 1.807) is 13.8 Å². The molecule has 0 radical (unpaired) electrons. The van der Waals surface area contributed by atoms with Gasteiger partial charge in [0.2, 0.25) is 0 Å². The van der Waals surface area contributed by atoms with Crippen LogP contribution < -0.4 is 9.47 Å². The molecule has 0 saturated heterocycles. The van der Waals surface area contributed by atoms with E-state index < -0.39 is 0 Å². The van der Waals surface area contributed by atoms with Gasteiger partial charge in [-0.1, -0.05) is 71.0 Å². The van der Waals surface area contributed by atoms with Gasteiger partial charge in [0.05, 0.1) is 0 Å². The molecule has 0 aromatic heterocycles. The van der Waals surface area contributed by atoms with E-state index in [9.17, 15) is 9.59 Å². The van der Waals surface area contributed by atoms with Crippen LogP contribution >= 0.6 is 0 Å². The second-order valence-corrected chi connectivity index (χ2v) is 9.05. The third-order valence-electron chi connectivity index (χ3n) is 6.35. The van der Waals surface area contributed by atoms with Gasteiger partial charge in [-0.3, -0.25) is 9.59 Å². The Bertz CT molecular complexity index is 1180. The fourth-order valence-corrected chi connectivity index (χ4v) is 3.84. The molecule has 0 bridgehead atoms. The number of carbonyl (C=O) groups is 2. The lowest BCUT2D eigenvalue weighted by Gasteiger charge is -2.25. The van der Waals surface area contributed by atoms with Crippen LogP contribution in [0.3, 0.4) is 0 Å². The van der Waals surface area contributed by atoms with E-state index in [0.717, 1.165) is 39.5 Å². The van der Waals surface area contributed by atoms with Crippen LogP contribution in [0.1, 0.15) is 59.4 Å². The molecule has 0 fully saturated rings. The van der Waals surface area contributed by atoms with Gasteiger partial charge in [0, 0.05) is 34.4 Å². The third-order valence-corrected chi connectivity index (χ3v) is 6.35. The van der Waals surface area contributed by atoms with Crippen LogP contribution in [0.2, 0.25) is 0 Å². The predicted molar refractivity (Wildman–Crippen MR) is 138 cm³/mol. The number of hydrogen-bond acceptors (Lipinski definition) is 6. The van der Waals surface area contributed by atoms with Crippen molar-refractivity contribution in [1.29, 1.82) is 0 Å². The average molecular weight is 481 g/mol. The van der Waals surface area contributed by atoms with Crippen molar-refractivity contribution in [3.63, 3.8) is 0 Å². The van der Waals surface area contributed by atoms with Crippen molar-refractivity contribution in [2.75, 3.05) is 26.4 Å². The summed E-state index contributed by atoms with van der Waals surface area (Å²) in [4.78, 5) is 23.1. The Morgan fingerprint density at radius 3 is 1.66 bits per heavy atom. The van der Waals surface area contributed by atoms with Crippen molar-refractivity contribution in [2.24, 2.45) is 0 Å². The molecular formula is C29H36O6. The predicted octanol–water partition coefficient (Wildman–Crippen LogP) is 6.34. The minimum Gasteiger partial charge on any atom is -0.489 e. The summed E-state index contributed by atoms with van der Waals surface area (Å²) in [5.41, 5.74) is 1.19. The monoisotopic (exact) mass is 480 g/mol. The number of fused-ring (bicyclic) bond motifs is 2. The quantitative estimate of drug-likeness (QED) is 0.171. The van der Waals surface area contributed by atoms with E-state index >= 15 is 0 Å². The molecule has 3 rings (SSSR count). The zero-order chi connectivity index (χ0) is 25.4. The molecule has 188 valence electrons. The van der Waals surface area contributed by atoms with Crippen LogP contribution in [0.5, 0.6) is 11.5 Å². The summed E-state index contributed by atoms with van der Waals surface area (Å²) in [6, 6.07) is 14.3. The number of benzene rings is 3. The van der Waals surface area contributed by atoms with E-state index in [-0.39, 0.29) is 43.8 Å². The molecule has 0 saturated carbocycles. The molecule has 0 unspecified atom stereocenters. The van der Waals surface area contributed by atoms with Gasteiger partial charge < -0.3 is 18.9 Å². The van der Waals surface area contributed by atoms with Crippen LogP contribution in [0.15, 0.2) is 42.5 Å². The SMILES string of the molecule is CCC(=O)OCCOc1c2ccccc2c(OCCOC(=O)CC)c2cc(C(C)(C)CC)ccc12. The zero-order valence-corrected chi connectivity index (χ0v) is 21.4. The average Bonchev–Trinajstić information content (AvgIpc) is 2.88. The molecule has 0 spiro atoms. The molecule has 0 aliphatic carbocycles. The lowest BCUT2D eigenvalue weighted by Crippen LogP contribution is -2.15. The Labute approximate surface area is 207 Å². The second-order valence-electron chi connectivity index (χ2n) is 9.05. The normalized spacial score (nSPS) is 11.5. The number of hydrogen-bond donors (Lipinski definition) is 0. The lowest BCUT2D eigenvalue weighted by atomic mass is 9.81. The summed E-state index contributed by atoms with van der Waals surface area (Å²) in [7, 11) is 0. The molecular weight excluding hydrogens is 444 g/mol. The van der Waals surface area contributed by atoms with E-state index in [4.69, 9.17) is 18.9 Å². The van der Waals surface area contributed by atoms with Crippen molar-refractivity contribution in [2.45, 2.75) is 59.3 Å². The standard InChI is InChI=1S/C29H36O6/c1-6-25(30)32-15-17-34-27-21-11-9-10-12-22(21)28(35-18-16-33-26(31)7-2)24-19-20(13-14-23(24)27)29(4,5)8-3/h9-14,19H,6-8,15-18H2,1-5H3. The first-order valence-corrected chi connectivity index (χ1v) is 12.4. The highest BCUT2D eigenvalue weighted by Crippen LogP contribution is 2.44. The Hall–Kier alpha value is -3.28. The van der Waals surface area contributed by atoms with Gasteiger partial charge >= 0.3 is 11.9 Å². The Kier molecular flexibility index (Phi) is 8.96. The van der Waals surface area contributed by atoms with E-state index in [1.807, 2.05) is 24.3 Å². The van der Waals surface area contributed by atoms with Crippen molar-refractivity contribution < 1.29 is 28.5 Å². The molecule has 6 nitrogen and oxygen atoms in total. The molecule has 0 heterocycles. The van der Waals surface area contributed by atoms with Crippen LogP contribution in [-0.2, 0) is 24.5 Å². The molecule has 0 atom stereocenters. The number of ether oxygens (including phenoxy) is 4. The first-order valence-electron chi connectivity index (χ1n) is 12.4. The van der Waals surface area contributed by atoms with E-state index in [0.29, 0.717) is 12.8 Å². The van der Waals surface area contributed by atoms with Crippen molar-refractivity contribution in [1.82, 2.24) is 0 Å². The van der Waals surface area contributed by atoms with E-state index in [1.165, 1.54) is 5.56 Å².